The maximum atomic E-state index is 12.4. The maximum Gasteiger partial charge on any atom is 0.285 e. The van der Waals surface area contributed by atoms with Gasteiger partial charge in [-0.15, -0.1) is 0 Å². The van der Waals surface area contributed by atoms with E-state index in [0.29, 0.717) is 17.3 Å². The van der Waals surface area contributed by atoms with Gasteiger partial charge in [0.25, 0.3) is 15.9 Å². The highest BCUT2D eigenvalue weighted by Crippen LogP contribution is 2.21. The Morgan fingerprint density at radius 1 is 1.07 bits per heavy atom. The fourth-order valence-electron chi connectivity index (χ4n) is 2.48. The van der Waals surface area contributed by atoms with E-state index < -0.39 is 15.9 Å². The number of aromatic nitrogens is 2. The van der Waals surface area contributed by atoms with Crippen LogP contribution in [0.1, 0.15) is 21.9 Å². The van der Waals surface area contributed by atoms with Crippen LogP contribution in [-0.2, 0) is 23.5 Å². The predicted molar refractivity (Wildman–Crippen MR) is 104 cm³/mol. The molecule has 1 heterocycles. The van der Waals surface area contributed by atoms with Gasteiger partial charge in [-0.1, -0.05) is 53.5 Å². The van der Waals surface area contributed by atoms with Crippen LogP contribution in [-0.4, -0.2) is 23.9 Å². The minimum atomic E-state index is -4.11. The average Bonchev–Trinajstić information content (AvgIpc) is 2.98. The summed E-state index contributed by atoms with van der Waals surface area (Å²) in [7, 11) is -2.39. The van der Waals surface area contributed by atoms with Crippen LogP contribution in [0.5, 0.6) is 0 Å². The van der Waals surface area contributed by atoms with E-state index in [9.17, 15) is 13.2 Å². The smallest absolute Gasteiger partial charge is 0.285 e. The number of aryl methyl sites for hydroxylation is 1. The maximum absolute atomic E-state index is 12.4. The highest BCUT2D eigenvalue weighted by molar-refractivity contribution is 7.90. The molecule has 0 saturated carbocycles. The van der Waals surface area contributed by atoms with Gasteiger partial charge in [-0.2, -0.15) is 0 Å². The zero-order valence-electron chi connectivity index (χ0n) is 14.2. The molecule has 3 rings (SSSR count). The molecule has 27 heavy (non-hydrogen) atoms. The number of hydrogen-bond donors (Lipinski definition) is 1. The third-order valence-electron chi connectivity index (χ3n) is 3.86. The van der Waals surface area contributed by atoms with Crippen molar-refractivity contribution in [1.82, 2.24) is 14.3 Å². The molecule has 0 saturated heterocycles. The summed E-state index contributed by atoms with van der Waals surface area (Å²) in [5.41, 5.74) is 0.832. The molecule has 0 spiro atoms. The predicted octanol–water partition coefficient (Wildman–Crippen LogP) is 3.44. The van der Waals surface area contributed by atoms with Gasteiger partial charge in [0.2, 0.25) is 0 Å². The number of amides is 1. The van der Waals surface area contributed by atoms with Gasteiger partial charge in [0, 0.05) is 24.7 Å². The third-order valence-corrected chi connectivity index (χ3v) is 6.06. The number of imidazole rings is 1. The molecule has 0 unspecified atom stereocenters. The SMILES string of the molecule is Cn1cc(C(=O)NS(=O)(=O)c2ccccc2Cl)nc1Cc1ccccc1Cl. The Morgan fingerprint density at radius 2 is 1.70 bits per heavy atom. The molecular formula is C18H15Cl2N3O3S. The van der Waals surface area contributed by atoms with Crippen LogP contribution in [0, 0.1) is 0 Å². The Bertz CT molecular complexity index is 1110. The van der Waals surface area contributed by atoms with Crippen LogP contribution in [0.3, 0.4) is 0 Å². The molecule has 0 aliphatic carbocycles. The lowest BCUT2D eigenvalue weighted by Gasteiger charge is -2.06. The zero-order valence-corrected chi connectivity index (χ0v) is 16.5. The fourth-order valence-corrected chi connectivity index (χ4v) is 4.17. The van der Waals surface area contributed by atoms with Crippen molar-refractivity contribution in [2.45, 2.75) is 11.3 Å². The lowest BCUT2D eigenvalue weighted by Crippen LogP contribution is -2.31. The van der Waals surface area contributed by atoms with E-state index in [4.69, 9.17) is 23.2 Å². The van der Waals surface area contributed by atoms with Crippen molar-refractivity contribution in [3.8, 4) is 0 Å². The van der Waals surface area contributed by atoms with E-state index in [2.05, 4.69) is 4.98 Å². The minimum Gasteiger partial charge on any atom is -0.337 e. The summed E-state index contributed by atoms with van der Waals surface area (Å²) in [6.07, 6.45) is 1.87. The number of sulfonamides is 1. The molecule has 0 atom stereocenters. The van der Waals surface area contributed by atoms with E-state index in [1.165, 1.54) is 24.4 Å². The molecule has 0 radical (unpaired) electrons. The van der Waals surface area contributed by atoms with Crippen molar-refractivity contribution >= 4 is 39.1 Å². The molecule has 1 amide bonds. The first kappa shape index (κ1) is 19.4. The summed E-state index contributed by atoms with van der Waals surface area (Å²) in [6.45, 7) is 0. The molecule has 140 valence electrons. The number of rotatable bonds is 5. The number of halogens is 2. The quantitative estimate of drug-likeness (QED) is 0.681. The normalized spacial score (nSPS) is 11.4. The van der Waals surface area contributed by atoms with Crippen molar-refractivity contribution in [2.75, 3.05) is 0 Å². The van der Waals surface area contributed by atoms with E-state index in [1.54, 1.807) is 23.7 Å². The van der Waals surface area contributed by atoms with E-state index in [0.717, 1.165) is 5.56 Å². The standard InChI is InChI=1S/C18H15Cl2N3O3S/c1-23-11-15(21-17(23)10-12-6-2-3-7-13(12)19)18(24)22-27(25,26)16-9-5-4-8-14(16)20/h2-9,11H,10H2,1H3,(H,22,24). The van der Waals surface area contributed by atoms with Crippen LogP contribution < -0.4 is 4.72 Å². The number of carbonyl (C=O) groups excluding carboxylic acids is 1. The van der Waals surface area contributed by atoms with Gasteiger partial charge < -0.3 is 4.57 Å². The molecule has 2 aromatic carbocycles. The van der Waals surface area contributed by atoms with Gasteiger partial charge in [0.1, 0.15) is 16.4 Å². The van der Waals surface area contributed by atoms with E-state index >= 15 is 0 Å². The van der Waals surface area contributed by atoms with Crippen LogP contribution in [0.2, 0.25) is 10.0 Å². The number of hydrogen-bond acceptors (Lipinski definition) is 4. The first-order valence-electron chi connectivity index (χ1n) is 7.85. The van der Waals surface area contributed by atoms with E-state index in [-0.39, 0.29) is 15.6 Å². The molecule has 0 aliphatic rings. The fraction of sp³-hybridized carbons (Fsp3) is 0.111. The third kappa shape index (κ3) is 4.32. The van der Waals surface area contributed by atoms with Gasteiger partial charge in [-0.3, -0.25) is 4.79 Å². The molecule has 3 aromatic rings. The van der Waals surface area contributed by atoms with Crippen LogP contribution in [0.25, 0.3) is 0 Å². The lowest BCUT2D eigenvalue weighted by molar-refractivity contribution is 0.0977. The molecule has 0 aliphatic heterocycles. The number of nitrogens with zero attached hydrogens (tertiary/aromatic N) is 2. The van der Waals surface area contributed by atoms with Crippen molar-refractivity contribution in [3.63, 3.8) is 0 Å². The number of benzene rings is 2. The number of carbonyl (C=O) groups is 1. The highest BCUT2D eigenvalue weighted by atomic mass is 35.5. The first-order chi connectivity index (χ1) is 12.8. The van der Waals surface area contributed by atoms with Crippen LogP contribution >= 0.6 is 23.2 Å². The Hall–Kier alpha value is -2.35. The summed E-state index contributed by atoms with van der Waals surface area (Å²) in [5.74, 6) is -0.265. The second kappa shape index (κ2) is 7.72. The van der Waals surface area contributed by atoms with Crippen molar-refractivity contribution in [1.29, 1.82) is 0 Å². The zero-order chi connectivity index (χ0) is 19.6. The number of nitrogens with one attached hydrogen (secondary N) is 1. The Labute approximate surface area is 166 Å². The van der Waals surface area contributed by atoms with Crippen molar-refractivity contribution in [3.05, 3.63) is 81.9 Å². The molecule has 0 bridgehead atoms. The Morgan fingerprint density at radius 3 is 2.37 bits per heavy atom. The second-order valence-electron chi connectivity index (χ2n) is 5.79. The van der Waals surface area contributed by atoms with Crippen LogP contribution in [0.4, 0.5) is 0 Å². The molecule has 1 aromatic heterocycles. The minimum absolute atomic E-state index is 0.0183. The second-order valence-corrected chi connectivity index (χ2v) is 8.25. The van der Waals surface area contributed by atoms with Gasteiger partial charge in [-0.05, 0) is 23.8 Å². The highest BCUT2D eigenvalue weighted by Gasteiger charge is 2.23. The summed E-state index contributed by atoms with van der Waals surface area (Å²) in [5, 5.41) is 0.617. The van der Waals surface area contributed by atoms with Gasteiger partial charge in [0.15, 0.2) is 0 Å². The largest absolute Gasteiger partial charge is 0.337 e. The molecule has 1 N–H and O–H groups in total. The lowest BCUT2D eigenvalue weighted by atomic mass is 10.1. The molecule has 0 fully saturated rings. The summed E-state index contributed by atoms with van der Waals surface area (Å²) < 4.78 is 28.4. The summed E-state index contributed by atoms with van der Waals surface area (Å²) in [4.78, 5) is 16.5. The van der Waals surface area contributed by atoms with Crippen molar-refractivity contribution < 1.29 is 13.2 Å². The summed E-state index contributed by atoms with van der Waals surface area (Å²) in [6, 6.07) is 13.2. The summed E-state index contributed by atoms with van der Waals surface area (Å²) >= 11 is 12.1. The van der Waals surface area contributed by atoms with E-state index in [1.807, 2.05) is 22.9 Å². The Balaban J connectivity index is 1.82. The molecule has 6 nitrogen and oxygen atoms in total. The molecule has 9 heteroatoms. The first-order valence-corrected chi connectivity index (χ1v) is 10.1. The van der Waals surface area contributed by atoms with Crippen LogP contribution in [0.15, 0.2) is 59.6 Å². The monoisotopic (exact) mass is 423 g/mol. The van der Waals surface area contributed by atoms with Gasteiger partial charge in [0.05, 0.1) is 5.02 Å². The topological polar surface area (TPSA) is 81.1 Å². The van der Waals surface area contributed by atoms with Gasteiger partial charge >= 0.3 is 0 Å². The van der Waals surface area contributed by atoms with Crippen molar-refractivity contribution in [2.24, 2.45) is 7.05 Å². The average molecular weight is 424 g/mol. The Kier molecular flexibility index (Phi) is 5.55. The van der Waals surface area contributed by atoms with Gasteiger partial charge in [-0.25, -0.2) is 18.1 Å². The molecular weight excluding hydrogens is 409 g/mol.